The molecule has 0 saturated heterocycles. The normalized spacial score (nSPS) is 15.3. The highest BCUT2D eigenvalue weighted by Crippen LogP contribution is 2.11. The van der Waals surface area contributed by atoms with E-state index in [4.69, 9.17) is 0 Å². The third kappa shape index (κ3) is 6.65. The first-order valence-corrected chi connectivity index (χ1v) is 6.75. The lowest BCUT2D eigenvalue weighted by Crippen LogP contribution is -2.53. The zero-order valence-electron chi connectivity index (χ0n) is 12.4. The minimum absolute atomic E-state index is 0.435. The highest BCUT2D eigenvalue weighted by Gasteiger charge is 2.27. The SMILES string of the molecule is CCCNC(C)(C#N)CN(CC(C)C)C(C)C. The van der Waals surface area contributed by atoms with Gasteiger partial charge in [-0.15, -0.1) is 0 Å². The van der Waals surface area contributed by atoms with E-state index < -0.39 is 5.54 Å². The van der Waals surface area contributed by atoms with Crippen LogP contribution in [0.15, 0.2) is 0 Å². The summed E-state index contributed by atoms with van der Waals surface area (Å²) in [5.41, 5.74) is -0.435. The van der Waals surface area contributed by atoms with E-state index >= 15 is 0 Å². The van der Waals surface area contributed by atoms with Crippen molar-refractivity contribution in [3.63, 3.8) is 0 Å². The van der Waals surface area contributed by atoms with Crippen LogP contribution < -0.4 is 5.32 Å². The van der Waals surface area contributed by atoms with Gasteiger partial charge in [0.2, 0.25) is 0 Å². The first kappa shape index (κ1) is 16.4. The Kier molecular flexibility index (Phi) is 7.41. The van der Waals surface area contributed by atoms with Gasteiger partial charge < -0.3 is 0 Å². The summed E-state index contributed by atoms with van der Waals surface area (Å²) in [6.07, 6.45) is 1.06. The number of nitrogens with zero attached hydrogens (tertiary/aromatic N) is 2. The van der Waals surface area contributed by atoms with E-state index in [9.17, 15) is 5.26 Å². The molecule has 0 aliphatic rings. The molecule has 0 aromatic carbocycles. The van der Waals surface area contributed by atoms with Gasteiger partial charge in [0, 0.05) is 19.1 Å². The van der Waals surface area contributed by atoms with Crippen molar-refractivity contribution in [2.45, 2.75) is 59.5 Å². The van der Waals surface area contributed by atoms with Crippen molar-refractivity contribution in [3.05, 3.63) is 0 Å². The molecule has 1 N–H and O–H groups in total. The van der Waals surface area contributed by atoms with Gasteiger partial charge in [0.1, 0.15) is 5.54 Å². The fraction of sp³-hybridized carbons (Fsp3) is 0.929. The topological polar surface area (TPSA) is 39.1 Å². The molecule has 0 heterocycles. The maximum absolute atomic E-state index is 9.34. The Morgan fingerprint density at radius 1 is 1.29 bits per heavy atom. The van der Waals surface area contributed by atoms with Crippen LogP contribution in [0.5, 0.6) is 0 Å². The van der Waals surface area contributed by atoms with Crippen molar-refractivity contribution in [3.8, 4) is 6.07 Å². The fourth-order valence-corrected chi connectivity index (χ4v) is 1.86. The molecule has 0 aliphatic heterocycles. The minimum Gasteiger partial charge on any atom is -0.299 e. The van der Waals surface area contributed by atoms with Crippen molar-refractivity contribution in [2.75, 3.05) is 19.6 Å². The van der Waals surface area contributed by atoms with Crippen LogP contribution in [0.2, 0.25) is 0 Å². The molecule has 0 aromatic rings. The van der Waals surface area contributed by atoms with Crippen LogP contribution in [0.25, 0.3) is 0 Å². The Hall–Kier alpha value is -0.590. The van der Waals surface area contributed by atoms with Crippen molar-refractivity contribution in [1.29, 1.82) is 5.26 Å². The van der Waals surface area contributed by atoms with Crippen LogP contribution in [0, 0.1) is 17.2 Å². The largest absolute Gasteiger partial charge is 0.299 e. The summed E-state index contributed by atoms with van der Waals surface area (Å²) in [7, 11) is 0. The van der Waals surface area contributed by atoms with Crippen LogP contribution in [0.1, 0.15) is 48.0 Å². The smallest absolute Gasteiger partial charge is 0.116 e. The Labute approximate surface area is 107 Å². The van der Waals surface area contributed by atoms with Crippen molar-refractivity contribution >= 4 is 0 Å². The van der Waals surface area contributed by atoms with Gasteiger partial charge in [0.05, 0.1) is 6.07 Å². The molecule has 0 spiro atoms. The molecule has 0 amide bonds. The summed E-state index contributed by atoms with van der Waals surface area (Å²) in [5.74, 6) is 0.631. The Morgan fingerprint density at radius 2 is 1.88 bits per heavy atom. The van der Waals surface area contributed by atoms with Crippen LogP contribution in [-0.2, 0) is 0 Å². The van der Waals surface area contributed by atoms with Gasteiger partial charge in [-0.25, -0.2) is 0 Å². The predicted molar refractivity (Wildman–Crippen MR) is 73.9 cm³/mol. The Balaban J connectivity index is 4.53. The average molecular weight is 239 g/mol. The fourth-order valence-electron chi connectivity index (χ4n) is 1.86. The second-order valence-electron chi connectivity index (χ2n) is 5.79. The van der Waals surface area contributed by atoms with E-state index in [1.165, 1.54) is 0 Å². The number of nitrogens with one attached hydrogen (secondary N) is 1. The van der Waals surface area contributed by atoms with Crippen molar-refractivity contribution in [2.24, 2.45) is 5.92 Å². The molecule has 100 valence electrons. The number of rotatable bonds is 8. The van der Waals surface area contributed by atoms with Crippen LogP contribution >= 0.6 is 0 Å². The van der Waals surface area contributed by atoms with Gasteiger partial charge in [-0.1, -0.05) is 20.8 Å². The summed E-state index contributed by atoms with van der Waals surface area (Å²) in [6, 6.07) is 2.90. The highest BCUT2D eigenvalue weighted by atomic mass is 15.2. The third-order valence-corrected chi connectivity index (χ3v) is 2.86. The molecule has 0 bridgehead atoms. The maximum Gasteiger partial charge on any atom is 0.116 e. The molecular formula is C14H29N3. The van der Waals surface area contributed by atoms with E-state index in [1.807, 2.05) is 6.92 Å². The monoisotopic (exact) mass is 239 g/mol. The quantitative estimate of drug-likeness (QED) is 0.708. The number of hydrogen-bond acceptors (Lipinski definition) is 3. The summed E-state index contributed by atoms with van der Waals surface area (Å²) in [4.78, 5) is 2.39. The highest BCUT2D eigenvalue weighted by molar-refractivity contribution is 5.06. The molecule has 0 fully saturated rings. The van der Waals surface area contributed by atoms with E-state index in [1.54, 1.807) is 0 Å². The Bertz CT molecular complexity index is 242. The lowest BCUT2D eigenvalue weighted by molar-refractivity contribution is 0.161. The number of nitriles is 1. The van der Waals surface area contributed by atoms with E-state index in [0.717, 1.165) is 26.1 Å². The molecule has 0 saturated carbocycles. The summed E-state index contributed by atoms with van der Waals surface area (Å²) < 4.78 is 0. The predicted octanol–water partition coefficient (Wildman–Crippen LogP) is 2.63. The summed E-state index contributed by atoms with van der Waals surface area (Å²) in [6.45, 7) is 15.7. The lowest BCUT2D eigenvalue weighted by Gasteiger charge is -2.35. The number of hydrogen-bond donors (Lipinski definition) is 1. The molecule has 0 rings (SSSR count). The van der Waals surface area contributed by atoms with Crippen molar-refractivity contribution in [1.82, 2.24) is 10.2 Å². The van der Waals surface area contributed by atoms with E-state index in [0.29, 0.717) is 12.0 Å². The van der Waals surface area contributed by atoms with Crippen LogP contribution in [0.3, 0.4) is 0 Å². The standard InChI is InChI=1S/C14H29N3/c1-7-8-16-14(6,10-15)11-17(13(4)5)9-12(2)3/h12-13,16H,7-9,11H2,1-6H3. The molecule has 1 atom stereocenters. The van der Waals surface area contributed by atoms with Crippen LogP contribution in [0.4, 0.5) is 0 Å². The molecule has 3 heteroatoms. The van der Waals surface area contributed by atoms with E-state index in [-0.39, 0.29) is 0 Å². The second-order valence-corrected chi connectivity index (χ2v) is 5.79. The van der Waals surface area contributed by atoms with Gasteiger partial charge in [-0.2, -0.15) is 5.26 Å². The molecular weight excluding hydrogens is 210 g/mol. The molecule has 1 unspecified atom stereocenters. The van der Waals surface area contributed by atoms with Gasteiger partial charge in [-0.3, -0.25) is 10.2 Å². The van der Waals surface area contributed by atoms with Gasteiger partial charge >= 0.3 is 0 Å². The zero-order valence-corrected chi connectivity index (χ0v) is 12.4. The Morgan fingerprint density at radius 3 is 2.24 bits per heavy atom. The minimum atomic E-state index is -0.435. The molecule has 0 aliphatic carbocycles. The summed E-state index contributed by atoms with van der Waals surface area (Å²) >= 11 is 0. The zero-order chi connectivity index (χ0) is 13.5. The first-order chi connectivity index (χ1) is 7.84. The van der Waals surface area contributed by atoms with Crippen LogP contribution in [-0.4, -0.2) is 36.1 Å². The first-order valence-electron chi connectivity index (χ1n) is 6.75. The van der Waals surface area contributed by atoms with Gasteiger partial charge in [0.25, 0.3) is 0 Å². The van der Waals surface area contributed by atoms with Gasteiger partial charge in [-0.05, 0) is 39.7 Å². The molecule has 17 heavy (non-hydrogen) atoms. The second kappa shape index (κ2) is 7.68. The average Bonchev–Trinajstić information content (AvgIpc) is 2.25. The van der Waals surface area contributed by atoms with E-state index in [2.05, 4.69) is 50.9 Å². The van der Waals surface area contributed by atoms with Crippen molar-refractivity contribution < 1.29 is 0 Å². The molecule has 0 radical (unpaired) electrons. The molecule has 0 aromatic heterocycles. The summed E-state index contributed by atoms with van der Waals surface area (Å²) in [5, 5.41) is 12.7. The third-order valence-electron chi connectivity index (χ3n) is 2.86. The maximum atomic E-state index is 9.34. The van der Waals surface area contributed by atoms with Gasteiger partial charge in [0.15, 0.2) is 0 Å². The lowest BCUT2D eigenvalue weighted by atomic mass is 10.0. The molecule has 3 nitrogen and oxygen atoms in total.